The third kappa shape index (κ3) is 2.22. The van der Waals surface area contributed by atoms with E-state index in [1.165, 1.54) is 24.8 Å². The summed E-state index contributed by atoms with van der Waals surface area (Å²) in [6, 6.07) is 0. The van der Waals surface area contributed by atoms with Crippen molar-refractivity contribution in [2.75, 3.05) is 7.11 Å². The van der Waals surface area contributed by atoms with E-state index in [1.807, 2.05) is 6.92 Å². The highest BCUT2D eigenvalue weighted by Crippen LogP contribution is 2.69. The number of hydrogen-bond donors (Lipinski definition) is 1. The molecule has 0 amide bonds. The van der Waals surface area contributed by atoms with Crippen LogP contribution in [-0.2, 0) is 9.53 Å². The largest absolute Gasteiger partial charge is 0.365 e. The van der Waals surface area contributed by atoms with E-state index in [-0.39, 0.29) is 16.2 Å². The van der Waals surface area contributed by atoms with Gasteiger partial charge in [-0.15, -0.1) is 0 Å². The quantitative estimate of drug-likeness (QED) is 0.564. The summed E-state index contributed by atoms with van der Waals surface area (Å²) in [5, 5.41) is 10.6. The number of hydrogen-bond acceptors (Lipinski definition) is 3. The van der Waals surface area contributed by atoms with Crippen molar-refractivity contribution in [2.24, 2.45) is 34.0 Å². The van der Waals surface area contributed by atoms with Crippen LogP contribution in [0.4, 0.5) is 0 Å². The number of Topliss-reactive ketones (excluding diaryl/α,β-unsaturated/α-hetero) is 1. The third-order valence-corrected chi connectivity index (χ3v) is 9.89. The summed E-state index contributed by atoms with van der Waals surface area (Å²) in [5.41, 5.74) is 1.63. The predicted octanol–water partition coefficient (Wildman–Crippen LogP) is 4.88. The molecule has 1 N–H and O–H groups in total. The second-order valence-electron chi connectivity index (χ2n) is 10.5. The minimum absolute atomic E-state index is 0.142. The van der Waals surface area contributed by atoms with Crippen molar-refractivity contribution in [3.8, 4) is 0 Å². The van der Waals surface area contributed by atoms with Crippen LogP contribution in [0.15, 0.2) is 11.6 Å². The van der Waals surface area contributed by atoms with E-state index in [0.717, 1.165) is 25.7 Å². The van der Waals surface area contributed by atoms with Gasteiger partial charge in [-0.1, -0.05) is 32.4 Å². The monoisotopic (exact) mass is 360 g/mol. The van der Waals surface area contributed by atoms with Crippen LogP contribution < -0.4 is 0 Å². The average molecular weight is 361 g/mol. The zero-order valence-electron chi connectivity index (χ0n) is 17.2. The molecule has 0 aromatic carbocycles. The van der Waals surface area contributed by atoms with Crippen LogP contribution in [0.5, 0.6) is 0 Å². The van der Waals surface area contributed by atoms with Gasteiger partial charge in [0.15, 0.2) is 5.79 Å². The highest BCUT2D eigenvalue weighted by molar-refractivity contribution is 5.83. The summed E-state index contributed by atoms with van der Waals surface area (Å²) in [7, 11) is 1.63. The van der Waals surface area contributed by atoms with Gasteiger partial charge in [0.05, 0.1) is 0 Å². The van der Waals surface area contributed by atoms with E-state index in [4.69, 9.17) is 4.74 Å². The van der Waals surface area contributed by atoms with Crippen LogP contribution >= 0.6 is 0 Å². The molecule has 3 nitrogen and oxygen atoms in total. The number of allylic oxidation sites excluding steroid dienone is 1. The maximum absolute atomic E-state index is 12.5. The van der Waals surface area contributed by atoms with E-state index >= 15 is 0 Å². The first-order chi connectivity index (χ1) is 12.1. The first-order valence-electron chi connectivity index (χ1n) is 10.6. The fraction of sp³-hybridized carbons (Fsp3) is 0.870. The maximum Gasteiger partial charge on any atom is 0.168 e. The van der Waals surface area contributed by atoms with Gasteiger partial charge in [0.2, 0.25) is 0 Å². The number of carbonyl (C=O) groups excluding carboxylic acids is 1. The van der Waals surface area contributed by atoms with Crippen molar-refractivity contribution in [3.63, 3.8) is 0 Å². The average Bonchev–Trinajstić information content (AvgIpc) is 2.88. The number of aliphatic hydroxyl groups is 1. The van der Waals surface area contributed by atoms with Crippen molar-refractivity contribution in [2.45, 2.75) is 84.8 Å². The van der Waals surface area contributed by atoms with E-state index in [9.17, 15) is 9.90 Å². The molecule has 4 aliphatic rings. The SMILES string of the molecule is CO[C@@]1(O)CC[C@@]2(C)C(=CC[C@@H]3[C@@H]2CC[C@@]2(C)[C@H]3CC[C@]2(C)C(C)=O)C1. The highest BCUT2D eigenvalue weighted by Gasteiger charge is 2.64. The van der Waals surface area contributed by atoms with Crippen LogP contribution in [0.1, 0.15) is 79.1 Å². The molecule has 4 aliphatic carbocycles. The Balaban J connectivity index is 1.67. The van der Waals surface area contributed by atoms with Crippen molar-refractivity contribution < 1.29 is 14.6 Å². The van der Waals surface area contributed by atoms with Crippen LogP contribution in [0.3, 0.4) is 0 Å². The van der Waals surface area contributed by atoms with Gasteiger partial charge < -0.3 is 9.84 Å². The number of methoxy groups -OCH3 is 1. The molecule has 0 unspecified atom stereocenters. The van der Waals surface area contributed by atoms with Crippen molar-refractivity contribution >= 4 is 5.78 Å². The van der Waals surface area contributed by atoms with Gasteiger partial charge in [0.1, 0.15) is 5.78 Å². The van der Waals surface area contributed by atoms with Crippen molar-refractivity contribution in [3.05, 3.63) is 11.6 Å². The normalized spacial score (nSPS) is 53.3. The topological polar surface area (TPSA) is 46.5 Å². The molecule has 0 heterocycles. The Labute approximate surface area is 158 Å². The summed E-state index contributed by atoms with van der Waals surface area (Å²) in [6.45, 7) is 8.90. The smallest absolute Gasteiger partial charge is 0.168 e. The summed E-state index contributed by atoms with van der Waals surface area (Å²) >= 11 is 0. The van der Waals surface area contributed by atoms with E-state index in [2.05, 4.69) is 26.8 Å². The number of ether oxygens (including phenoxy) is 1. The van der Waals surface area contributed by atoms with Crippen LogP contribution in [0.25, 0.3) is 0 Å². The lowest BCUT2D eigenvalue weighted by atomic mass is 9.45. The molecule has 26 heavy (non-hydrogen) atoms. The molecule has 0 spiro atoms. The van der Waals surface area contributed by atoms with E-state index in [0.29, 0.717) is 30.0 Å². The molecule has 3 heteroatoms. The number of carbonyl (C=O) groups is 1. The standard InChI is InChI=1S/C23H36O3/c1-15(24)21(3)10-9-19-17-7-6-16-14-23(25,26-5)13-12-20(16,2)18(17)8-11-22(19,21)4/h6,17-19,25H,7-14H2,1-5H3/t17-,18+,19+,20+,21-,22+,23+/m1/s1. The zero-order valence-corrected chi connectivity index (χ0v) is 17.2. The van der Waals surface area contributed by atoms with E-state index in [1.54, 1.807) is 7.11 Å². The second-order valence-corrected chi connectivity index (χ2v) is 10.5. The van der Waals surface area contributed by atoms with Crippen LogP contribution in [0, 0.1) is 34.0 Å². The molecule has 0 aromatic heterocycles. The first kappa shape index (κ1) is 18.7. The maximum atomic E-state index is 12.5. The molecular formula is C23H36O3. The molecule has 4 rings (SSSR count). The third-order valence-electron chi connectivity index (χ3n) is 9.89. The van der Waals surface area contributed by atoms with Gasteiger partial charge in [-0.25, -0.2) is 0 Å². The van der Waals surface area contributed by atoms with E-state index < -0.39 is 5.79 Å². The number of ketones is 1. The Morgan fingerprint density at radius 3 is 2.46 bits per heavy atom. The minimum atomic E-state index is -0.970. The van der Waals surface area contributed by atoms with Crippen LogP contribution in [0.2, 0.25) is 0 Å². The molecule has 0 radical (unpaired) electrons. The lowest BCUT2D eigenvalue weighted by molar-refractivity contribution is -0.209. The minimum Gasteiger partial charge on any atom is -0.365 e. The Hall–Kier alpha value is -0.670. The molecule has 0 bridgehead atoms. The fourth-order valence-electron chi connectivity index (χ4n) is 7.64. The van der Waals surface area contributed by atoms with Gasteiger partial charge in [0.25, 0.3) is 0 Å². The molecule has 0 aromatic rings. The van der Waals surface area contributed by atoms with Crippen molar-refractivity contribution in [1.82, 2.24) is 0 Å². The number of fused-ring (bicyclic) bond motifs is 5. The lowest BCUT2D eigenvalue weighted by Gasteiger charge is -2.59. The van der Waals surface area contributed by atoms with Gasteiger partial charge in [0, 0.05) is 25.4 Å². The van der Waals surface area contributed by atoms with Crippen molar-refractivity contribution in [1.29, 1.82) is 0 Å². The molecule has 3 fully saturated rings. The predicted molar refractivity (Wildman–Crippen MR) is 102 cm³/mol. The molecule has 7 atom stereocenters. The summed E-state index contributed by atoms with van der Waals surface area (Å²) in [6.07, 6.45) is 10.6. The molecular weight excluding hydrogens is 324 g/mol. The zero-order chi connectivity index (χ0) is 19.0. The Bertz CT molecular complexity index is 654. The lowest BCUT2D eigenvalue weighted by Crippen LogP contribution is -2.54. The van der Waals surface area contributed by atoms with Gasteiger partial charge in [-0.2, -0.15) is 0 Å². The second kappa shape index (κ2) is 5.67. The van der Waals surface area contributed by atoms with Crippen LogP contribution in [-0.4, -0.2) is 23.8 Å². The fourth-order valence-corrected chi connectivity index (χ4v) is 7.64. The molecule has 146 valence electrons. The Morgan fingerprint density at radius 2 is 1.81 bits per heavy atom. The number of rotatable bonds is 2. The van der Waals surface area contributed by atoms with Gasteiger partial charge in [-0.3, -0.25) is 4.79 Å². The van der Waals surface area contributed by atoms with Gasteiger partial charge in [-0.05, 0) is 74.0 Å². The summed E-state index contributed by atoms with van der Waals surface area (Å²) in [5.74, 6) is 1.46. The Kier molecular flexibility index (Phi) is 4.07. The highest BCUT2D eigenvalue weighted by atomic mass is 16.6. The molecule has 0 aliphatic heterocycles. The summed E-state index contributed by atoms with van der Waals surface area (Å²) < 4.78 is 5.42. The molecule has 0 saturated heterocycles. The first-order valence-corrected chi connectivity index (χ1v) is 10.6. The molecule has 3 saturated carbocycles. The van der Waals surface area contributed by atoms with Gasteiger partial charge >= 0.3 is 0 Å². The Morgan fingerprint density at radius 1 is 1.12 bits per heavy atom. The summed E-state index contributed by atoms with van der Waals surface area (Å²) in [4.78, 5) is 12.5.